The summed E-state index contributed by atoms with van der Waals surface area (Å²) in [5.74, 6) is -0.128. The zero-order chi connectivity index (χ0) is 12.0. The Morgan fingerprint density at radius 3 is 2.69 bits per heavy atom. The predicted molar refractivity (Wildman–Crippen MR) is 67.2 cm³/mol. The normalized spacial score (nSPS) is 12.8. The number of aryl methyl sites for hydroxylation is 2. The van der Waals surface area contributed by atoms with Gasteiger partial charge in [0.1, 0.15) is 5.82 Å². The Morgan fingerprint density at radius 1 is 1.31 bits per heavy atom. The number of hydrogen-bond donors (Lipinski definition) is 1. The van der Waals surface area contributed by atoms with Gasteiger partial charge < -0.3 is 5.32 Å². The molecule has 1 aromatic rings. The molecule has 1 unspecified atom stereocenters. The topological polar surface area (TPSA) is 12.0 Å². The van der Waals surface area contributed by atoms with Crippen molar-refractivity contribution in [2.45, 2.75) is 45.6 Å². The molecule has 90 valence electrons. The van der Waals surface area contributed by atoms with Gasteiger partial charge in [-0.25, -0.2) is 4.39 Å². The monoisotopic (exact) mass is 223 g/mol. The fraction of sp³-hybridized carbons (Fsp3) is 0.571. The summed E-state index contributed by atoms with van der Waals surface area (Å²) in [6, 6.07) is 5.60. The maximum atomic E-state index is 13.1. The van der Waals surface area contributed by atoms with Crippen LogP contribution in [-0.4, -0.2) is 13.1 Å². The van der Waals surface area contributed by atoms with E-state index in [1.807, 2.05) is 20.0 Å². The molecule has 1 nitrogen and oxygen atoms in total. The summed E-state index contributed by atoms with van der Waals surface area (Å²) in [6.07, 6.45) is 4.40. The Kier molecular flexibility index (Phi) is 5.47. The van der Waals surface area contributed by atoms with Gasteiger partial charge in [0.15, 0.2) is 0 Å². The van der Waals surface area contributed by atoms with Crippen molar-refractivity contribution in [3.8, 4) is 0 Å². The average Bonchev–Trinajstić information content (AvgIpc) is 2.28. The van der Waals surface area contributed by atoms with E-state index in [9.17, 15) is 4.39 Å². The number of benzene rings is 1. The van der Waals surface area contributed by atoms with Gasteiger partial charge in [0, 0.05) is 6.04 Å². The molecule has 1 N–H and O–H groups in total. The quantitative estimate of drug-likeness (QED) is 0.779. The predicted octanol–water partition coefficient (Wildman–Crippen LogP) is 3.45. The lowest BCUT2D eigenvalue weighted by Crippen LogP contribution is -2.25. The van der Waals surface area contributed by atoms with Crippen LogP contribution in [0.3, 0.4) is 0 Å². The van der Waals surface area contributed by atoms with Crippen LogP contribution in [0.5, 0.6) is 0 Å². The van der Waals surface area contributed by atoms with Crippen molar-refractivity contribution >= 4 is 0 Å². The summed E-state index contributed by atoms with van der Waals surface area (Å²) >= 11 is 0. The Morgan fingerprint density at radius 2 is 2.06 bits per heavy atom. The van der Waals surface area contributed by atoms with E-state index in [4.69, 9.17) is 0 Å². The molecule has 0 fully saturated rings. The minimum absolute atomic E-state index is 0.128. The lowest BCUT2D eigenvalue weighted by Gasteiger charge is -2.15. The van der Waals surface area contributed by atoms with E-state index in [0.29, 0.717) is 6.04 Å². The second-order valence-corrected chi connectivity index (χ2v) is 4.38. The zero-order valence-corrected chi connectivity index (χ0v) is 10.5. The number of nitrogens with one attached hydrogen (secondary N) is 1. The average molecular weight is 223 g/mol. The summed E-state index contributed by atoms with van der Waals surface area (Å²) < 4.78 is 13.1. The molecule has 0 aliphatic rings. The van der Waals surface area contributed by atoms with Gasteiger partial charge in [-0.05, 0) is 56.5 Å². The van der Waals surface area contributed by atoms with E-state index in [1.54, 1.807) is 6.07 Å². The highest BCUT2D eigenvalue weighted by molar-refractivity contribution is 5.26. The van der Waals surface area contributed by atoms with Crippen molar-refractivity contribution in [3.63, 3.8) is 0 Å². The van der Waals surface area contributed by atoms with E-state index in [-0.39, 0.29) is 5.82 Å². The van der Waals surface area contributed by atoms with Crippen LogP contribution in [0.2, 0.25) is 0 Å². The van der Waals surface area contributed by atoms with Crippen molar-refractivity contribution < 1.29 is 4.39 Å². The molecule has 1 atom stereocenters. The minimum atomic E-state index is -0.128. The molecule has 0 radical (unpaired) electrons. The largest absolute Gasteiger partial charge is 0.317 e. The number of halogens is 1. The van der Waals surface area contributed by atoms with Gasteiger partial charge in [0.25, 0.3) is 0 Å². The summed E-state index contributed by atoms with van der Waals surface area (Å²) in [5, 5.41) is 3.31. The zero-order valence-electron chi connectivity index (χ0n) is 10.5. The highest BCUT2D eigenvalue weighted by atomic mass is 19.1. The molecule has 0 saturated heterocycles. The standard InChI is InChI=1S/C14H22FN/c1-4-5-14(16-3)9-7-12-10-13(15)8-6-11(12)2/h6,8,10,14,16H,4-5,7,9H2,1-3H3. The molecule has 0 aliphatic heterocycles. The summed E-state index contributed by atoms with van der Waals surface area (Å²) in [5.41, 5.74) is 2.32. The van der Waals surface area contributed by atoms with Gasteiger partial charge in [-0.3, -0.25) is 0 Å². The molecule has 2 heteroatoms. The minimum Gasteiger partial charge on any atom is -0.317 e. The Bertz CT molecular complexity index is 323. The second kappa shape index (κ2) is 6.64. The maximum Gasteiger partial charge on any atom is 0.123 e. The molecule has 0 aliphatic carbocycles. The lowest BCUT2D eigenvalue weighted by molar-refractivity contribution is 0.483. The summed E-state index contributed by atoms with van der Waals surface area (Å²) in [4.78, 5) is 0. The molecule has 0 bridgehead atoms. The van der Waals surface area contributed by atoms with Gasteiger partial charge in [-0.2, -0.15) is 0 Å². The summed E-state index contributed by atoms with van der Waals surface area (Å²) in [6.45, 7) is 4.24. The van der Waals surface area contributed by atoms with E-state index in [0.717, 1.165) is 18.4 Å². The van der Waals surface area contributed by atoms with Crippen LogP contribution in [0, 0.1) is 12.7 Å². The van der Waals surface area contributed by atoms with E-state index < -0.39 is 0 Å². The van der Waals surface area contributed by atoms with E-state index in [1.165, 1.54) is 24.5 Å². The van der Waals surface area contributed by atoms with Crippen molar-refractivity contribution in [1.29, 1.82) is 0 Å². The number of rotatable bonds is 6. The van der Waals surface area contributed by atoms with Crippen LogP contribution in [0.4, 0.5) is 4.39 Å². The van der Waals surface area contributed by atoms with E-state index in [2.05, 4.69) is 12.2 Å². The molecular weight excluding hydrogens is 201 g/mol. The third kappa shape index (κ3) is 3.93. The maximum absolute atomic E-state index is 13.1. The molecule has 0 saturated carbocycles. The molecule has 1 aromatic carbocycles. The lowest BCUT2D eigenvalue weighted by atomic mass is 9.99. The van der Waals surface area contributed by atoms with Crippen molar-refractivity contribution in [3.05, 3.63) is 35.1 Å². The highest BCUT2D eigenvalue weighted by Crippen LogP contribution is 2.14. The molecule has 0 spiro atoms. The summed E-state index contributed by atoms with van der Waals surface area (Å²) in [7, 11) is 2.00. The first-order chi connectivity index (χ1) is 7.67. The molecule has 0 amide bonds. The first-order valence-electron chi connectivity index (χ1n) is 6.09. The van der Waals surface area contributed by atoms with Crippen molar-refractivity contribution in [2.75, 3.05) is 7.05 Å². The first kappa shape index (κ1) is 13.2. The first-order valence-corrected chi connectivity index (χ1v) is 6.09. The van der Waals surface area contributed by atoms with Gasteiger partial charge in [-0.1, -0.05) is 19.4 Å². The Hall–Kier alpha value is -0.890. The van der Waals surface area contributed by atoms with Gasteiger partial charge in [0.05, 0.1) is 0 Å². The molecule has 0 heterocycles. The van der Waals surface area contributed by atoms with Crippen LogP contribution in [0.15, 0.2) is 18.2 Å². The molecular formula is C14H22FN. The number of hydrogen-bond acceptors (Lipinski definition) is 1. The molecule has 1 rings (SSSR count). The fourth-order valence-electron chi connectivity index (χ4n) is 2.02. The fourth-order valence-corrected chi connectivity index (χ4v) is 2.02. The molecule has 16 heavy (non-hydrogen) atoms. The Balaban J connectivity index is 2.55. The van der Waals surface area contributed by atoms with E-state index >= 15 is 0 Å². The Labute approximate surface area is 98.1 Å². The third-order valence-corrected chi connectivity index (χ3v) is 3.12. The smallest absolute Gasteiger partial charge is 0.123 e. The molecule has 0 aromatic heterocycles. The third-order valence-electron chi connectivity index (χ3n) is 3.12. The SMILES string of the molecule is CCCC(CCc1cc(F)ccc1C)NC. The highest BCUT2D eigenvalue weighted by Gasteiger charge is 2.07. The van der Waals surface area contributed by atoms with Crippen molar-refractivity contribution in [2.24, 2.45) is 0 Å². The van der Waals surface area contributed by atoms with Gasteiger partial charge >= 0.3 is 0 Å². The van der Waals surface area contributed by atoms with Crippen LogP contribution >= 0.6 is 0 Å². The van der Waals surface area contributed by atoms with Crippen LogP contribution in [0.25, 0.3) is 0 Å². The van der Waals surface area contributed by atoms with Crippen LogP contribution in [-0.2, 0) is 6.42 Å². The second-order valence-electron chi connectivity index (χ2n) is 4.38. The van der Waals surface area contributed by atoms with Crippen LogP contribution < -0.4 is 5.32 Å². The van der Waals surface area contributed by atoms with Gasteiger partial charge in [-0.15, -0.1) is 0 Å². The van der Waals surface area contributed by atoms with Crippen molar-refractivity contribution in [1.82, 2.24) is 5.32 Å². The van der Waals surface area contributed by atoms with Crippen LogP contribution in [0.1, 0.15) is 37.3 Å². The van der Waals surface area contributed by atoms with Gasteiger partial charge in [0.2, 0.25) is 0 Å².